The molecule has 1 N–H and O–H groups in total. The Kier molecular flexibility index (Phi) is 5.94. The first-order valence-corrected chi connectivity index (χ1v) is 7.36. The summed E-state index contributed by atoms with van der Waals surface area (Å²) in [5.74, 6) is -0.373. The fourth-order valence-corrected chi connectivity index (χ4v) is 2.24. The van der Waals surface area contributed by atoms with Gasteiger partial charge in [0, 0.05) is 6.42 Å². The summed E-state index contributed by atoms with van der Waals surface area (Å²) >= 11 is 0. The zero-order valence-electron chi connectivity index (χ0n) is 13.2. The summed E-state index contributed by atoms with van der Waals surface area (Å²) in [7, 11) is 0. The quantitative estimate of drug-likeness (QED) is 0.609. The predicted octanol–water partition coefficient (Wildman–Crippen LogP) is 4.00. The van der Waals surface area contributed by atoms with Gasteiger partial charge < -0.3 is 9.84 Å². The van der Waals surface area contributed by atoms with Crippen LogP contribution < -0.4 is 4.74 Å². The predicted molar refractivity (Wildman–Crippen MR) is 81.4 cm³/mol. The minimum absolute atomic E-state index is 0.127. The summed E-state index contributed by atoms with van der Waals surface area (Å²) in [5, 5.41) is 9.34. The summed E-state index contributed by atoms with van der Waals surface area (Å²) in [6, 6.07) is 7.29. The maximum atomic E-state index is 11.4. The van der Waals surface area contributed by atoms with Crippen LogP contribution in [0.2, 0.25) is 0 Å². The molecular formula is C17H24O4. The third-order valence-corrected chi connectivity index (χ3v) is 4.02. The highest BCUT2D eigenvalue weighted by molar-refractivity contribution is 5.74. The van der Waals surface area contributed by atoms with E-state index >= 15 is 0 Å². The van der Waals surface area contributed by atoms with E-state index in [2.05, 4.69) is 0 Å². The first kappa shape index (κ1) is 17.2. The van der Waals surface area contributed by atoms with Gasteiger partial charge in [0.05, 0.1) is 5.41 Å². The summed E-state index contributed by atoms with van der Waals surface area (Å²) in [6.07, 6.45) is 1.51. The highest BCUT2D eigenvalue weighted by Gasteiger charge is 2.33. The second-order valence-electron chi connectivity index (χ2n) is 5.72. The molecule has 4 heteroatoms. The van der Waals surface area contributed by atoms with Crippen molar-refractivity contribution in [1.82, 2.24) is 0 Å². The lowest BCUT2D eigenvalue weighted by Gasteiger charge is -2.26. The molecule has 21 heavy (non-hydrogen) atoms. The van der Waals surface area contributed by atoms with Gasteiger partial charge in [-0.2, -0.15) is 0 Å². The van der Waals surface area contributed by atoms with Crippen molar-refractivity contribution in [2.75, 3.05) is 0 Å². The second-order valence-corrected chi connectivity index (χ2v) is 5.72. The minimum atomic E-state index is -0.759. The molecule has 0 fully saturated rings. The Hall–Kier alpha value is -1.84. The minimum Gasteiger partial charge on any atom is -0.481 e. The van der Waals surface area contributed by atoms with Crippen LogP contribution in [-0.4, -0.2) is 17.0 Å². The van der Waals surface area contributed by atoms with Gasteiger partial charge in [0.1, 0.15) is 5.75 Å². The second kappa shape index (κ2) is 7.25. The SMILES string of the molecule is CCC(=O)Oc1ccc(C(C)CC(C)(CC)C(=O)O)cc1. The number of hydrogen-bond acceptors (Lipinski definition) is 3. The van der Waals surface area contributed by atoms with Crippen LogP contribution in [0, 0.1) is 5.41 Å². The van der Waals surface area contributed by atoms with Crippen molar-refractivity contribution in [3.63, 3.8) is 0 Å². The fraction of sp³-hybridized carbons (Fsp3) is 0.529. The number of hydrogen-bond donors (Lipinski definition) is 1. The topological polar surface area (TPSA) is 63.6 Å². The number of rotatable bonds is 7. The van der Waals surface area contributed by atoms with Gasteiger partial charge in [-0.25, -0.2) is 0 Å². The van der Waals surface area contributed by atoms with Gasteiger partial charge in [-0.1, -0.05) is 32.9 Å². The molecule has 2 atom stereocenters. The smallest absolute Gasteiger partial charge is 0.310 e. The van der Waals surface area contributed by atoms with Crippen molar-refractivity contribution in [3.05, 3.63) is 29.8 Å². The van der Waals surface area contributed by atoms with Crippen molar-refractivity contribution in [1.29, 1.82) is 0 Å². The third-order valence-electron chi connectivity index (χ3n) is 4.02. The number of carbonyl (C=O) groups is 2. The molecule has 0 saturated carbocycles. The fourth-order valence-electron chi connectivity index (χ4n) is 2.24. The van der Waals surface area contributed by atoms with E-state index in [0.29, 0.717) is 25.0 Å². The van der Waals surface area contributed by atoms with E-state index in [1.54, 1.807) is 26.0 Å². The number of carboxylic acid groups (broad SMARTS) is 1. The third kappa shape index (κ3) is 4.59. The van der Waals surface area contributed by atoms with Gasteiger partial charge in [0.2, 0.25) is 0 Å². The lowest BCUT2D eigenvalue weighted by molar-refractivity contribution is -0.148. The Labute approximate surface area is 126 Å². The van der Waals surface area contributed by atoms with E-state index in [9.17, 15) is 14.7 Å². The Bertz CT molecular complexity index is 492. The molecular weight excluding hydrogens is 268 g/mol. The molecule has 1 aromatic carbocycles. The van der Waals surface area contributed by atoms with Gasteiger partial charge in [0.25, 0.3) is 0 Å². The van der Waals surface area contributed by atoms with Crippen LogP contribution >= 0.6 is 0 Å². The molecule has 4 nitrogen and oxygen atoms in total. The number of ether oxygens (including phenoxy) is 1. The van der Waals surface area contributed by atoms with Crippen LogP contribution in [0.25, 0.3) is 0 Å². The van der Waals surface area contributed by atoms with E-state index in [4.69, 9.17) is 4.74 Å². The average Bonchev–Trinajstić information content (AvgIpc) is 2.47. The molecule has 0 aliphatic carbocycles. The standard InChI is InChI=1S/C17H24O4/c1-5-15(18)21-14-9-7-13(8-10-14)12(3)11-17(4,6-2)16(19)20/h7-10,12H,5-6,11H2,1-4H3,(H,19,20). The normalized spacial score (nSPS) is 15.0. The summed E-state index contributed by atoms with van der Waals surface area (Å²) < 4.78 is 5.13. The van der Waals surface area contributed by atoms with Gasteiger partial charge in [0.15, 0.2) is 0 Å². The van der Waals surface area contributed by atoms with E-state index in [1.807, 2.05) is 26.0 Å². The van der Waals surface area contributed by atoms with Crippen LogP contribution in [0.5, 0.6) is 5.75 Å². The molecule has 0 saturated heterocycles. The molecule has 0 amide bonds. The van der Waals surface area contributed by atoms with Crippen molar-refractivity contribution < 1.29 is 19.4 Å². The first-order valence-electron chi connectivity index (χ1n) is 7.36. The van der Waals surface area contributed by atoms with Crippen LogP contribution in [-0.2, 0) is 9.59 Å². The molecule has 0 radical (unpaired) electrons. The van der Waals surface area contributed by atoms with E-state index < -0.39 is 11.4 Å². The number of carbonyl (C=O) groups excluding carboxylic acids is 1. The summed E-state index contributed by atoms with van der Waals surface area (Å²) in [6.45, 7) is 7.44. The Balaban J connectivity index is 2.77. The van der Waals surface area contributed by atoms with Gasteiger partial charge in [-0.05, 0) is 43.4 Å². The maximum absolute atomic E-state index is 11.4. The molecule has 1 aromatic rings. The summed E-state index contributed by atoms with van der Waals surface area (Å²) in [4.78, 5) is 22.6. The van der Waals surface area contributed by atoms with Gasteiger partial charge >= 0.3 is 11.9 Å². The van der Waals surface area contributed by atoms with Crippen LogP contribution in [0.1, 0.15) is 58.4 Å². The molecule has 0 heterocycles. The van der Waals surface area contributed by atoms with Crippen LogP contribution in [0.15, 0.2) is 24.3 Å². The Morgan fingerprint density at radius 2 is 1.81 bits per heavy atom. The molecule has 0 spiro atoms. The molecule has 0 bridgehead atoms. The molecule has 116 valence electrons. The molecule has 0 aliphatic heterocycles. The lowest BCUT2D eigenvalue weighted by Crippen LogP contribution is -2.28. The van der Waals surface area contributed by atoms with Crippen molar-refractivity contribution in [2.45, 2.75) is 52.9 Å². The number of benzene rings is 1. The number of esters is 1. The molecule has 1 rings (SSSR count). The molecule has 2 unspecified atom stereocenters. The number of aliphatic carboxylic acids is 1. The highest BCUT2D eigenvalue weighted by Crippen LogP contribution is 2.35. The zero-order valence-corrected chi connectivity index (χ0v) is 13.2. The monoisotopic (exact) mass is 292 g/mol. The van der Waals surface area contributed by atoms with Crippen molar-refractivity contribution >= 4 is 11.9 Å². The maximum Gasteiger partial charge on any atom is 0.310 e. The molecule has 0 aliphatic rings. The Morgan fingerprint density at radius 1 is 1.24 bits per heavy atom. The lowest BCUT2D eigenvalue weighted by atomic mass is 9.77. The molecule has 0 aromatic heterocycles. The van der Waals surface area contributed by atoms with Crippen LogP contribution in [0.4, 0.5) is 0 Å². The van der Waals surface area contributed by atoms with Crippen molar-refractivity contribution in [3.8, 4) is 5.75 Å². The summed E-state index contributed by atoms with van der Waals surface area (Å²) in [5.41, 5.74) is 0.333. The first-order chi connectivity index (χ1) is 9.82. The van der Waals surface area contributed by atoms with Gasteiger partial charge in [-0.15, -0.1) is 0 Å². The largest absolute Gasteiger partial charge is 0.481 e. The number of carboxylic acids is 1. The van der Waals surface area contributed by atoms with Crippen molar-refractivity contribution in [2.24, 2.45) is 5.41 Å². The van der Waals surface area contributed by atoms with Crippen LogP contribution in [0.3, 0.4) is 0 Å². The highest BCUT2D eigenvalue weighted by atomic mass is 16.5. The zero-order chi connectivity index (χ0) is 16.0. The Morgan fingerprint density at radius 3 is 2.24 bits per heavy atom. The van der Waals surface area contributed by atoms with E-state index in [-0.39, 0.29) is 11.9 Å². The van der Waals surface area contributed by atoms with Gasteiger partial charge in [-0.3, -0.25) is 9.59 Å². The van der Waals surface area contributed by atoms with E-state index in [1.165, 1.54) is 0 Å². The van der Waals surface area contributed by atoms with E-state index in [0.717, 1.165) is 5.56 Å². The average molecular weight is 292 g/mol.